The lowest BCUT2D eigenvalue weighted by Gasteiger charge is -2.12. The van der Waals surface area contributed by atoms with Crippen LogP contribution in [0.25, 0.3) is 11.1 Å². The molecular weight excluding hydrogens is 246 g/mol. The number of rotatable bonds is 7. The van der Waals surface area contributed by atoms with Crippen LogP contribution in [0.3, 0.4) is 0 Å². The van der Waals surface area contributed by atoms with Crippen molar-refractivity contribution in [2.24, 2.45) is 0 Å². The molecule has 0 aliphatic rings. The molecule has 0 bridgehead atoms. The van der Waals surface area contributed by atoms with Crippen molar-refractivity contribution in [2.75, 3.05) is 13.1 Å². The molecule has 0 aromatic heterocycles. The van der Waals surface area contributed by atoms with Gasteiger partial charge in [-0.25, -0.2) is 0 Å². The molecule has 2 rings (SSSR count). The van der Waals surface area contributed by atoms with E-state index in [1.54, 1.807) is 0 Å². The molecule has 2 N–H and O–H groups in total. The zero-order valence-corrected chi connectivity index (χ0v) is 12.0. The first-order valence-corrected chi connectivity index (χ1v) is 7.35. The predicted octanol–water partition coefficient (Wildman–Crippen LogP) is 3.78. The molecule has 0 spiro atoms. The third kappa shape index (κ3) is 4.19. The number of aliphatic hydroxyl groups excluding tert-OH is 1. The van der Waals surface area contributed by atoms with Crippen molar-refractivity contribution in [2.45, 2.75) is 25.9 Å². The summed E-state index contributed by atoms with van der Waals surface area (Å²) in [6, 6.07) is 18.4. The molecule has 0 amide bonds. The first kappa shape index (κ1) is 14.8. The normalized spacial score (nSPS) is 12.3. The molecule has 1 unspecified atom stereocenters. The molecule has 1 atom stereocenters. The average molecular weight is 269 g/mol. The zero-order valence-electron chi connectivity index (χ0n) is 12.0. The largest absolute Gasteiger partial charge is 0.387 e. The van der Waals surface area contributed by atoms with Crippen molar-refractivity contribution in [3.05, 3.63) is 60.2 Å². The monoisotopic (exact) mass is 269 g/mol. The summed E-state index contributed by atoms with van der Waals surface area (Å²) in [5, 5.41) is 13.4. The Hall–Kier alpha value is -1.64. The minimum atomic E-state index is -0.434. The van der Waals surface area contributed by atoms with Gasteiger partial charge in [0.25, 0.3) is 0 Å². The third-order valence-electron chi connectivity index (χ3n) is 3.45. The van der Waals surface area contributed by atoms with Crippen LogP contribution in [-0.4, -0.2) is 18.2 Å². The molecule has 20 heavy (non-hydrogen) atoms. The summed E-state index contributed by atoms with van der Waals surface area (Å²) in [5.74, 6) is 0. The summed E-state index contributed by atoms with van der Waals surface area (Å²) in [7, 11) is 0. The van der Waals surface area contributed by atoms with Crippen LogP contribution >= 0.6 is 0 Å². The van der Waals surface area contributed by atoms with Gasteiger partial charge >= 0.3 is 0 Å². The minimum absolute atomic E-state index is 0.434. The van der Waals surface area contributed by atoms with E-state index in [9.17, 15) is 5.11 Å². The van der Waals surface area contributed by atoms with Crippen molar-refractivity contribution in [1.29, 1.82) is 0 Å². The summed E-state index contributed by atoms with van der Waals surface area (Å²) in [6.07, 6.45) is 1.89. The second-order valence-corrected chi connectivity index (χ2v) is 5.06. The van der Waals surface area contributed by atoms with E-state index < -0.39 is 6.10 Å². The second kappa shape index (κ2) is 7.83. The lowest BCUT2D eigenvalue weighted by atomic mass is 10.0. The Morgan fingerprint density at radius 1 is 0.950 bits per heavy atom. The van der Waals surface area contributed by atoms with Crippen molar-refractivity contribution >= 4 is 0 Å². The molecule has 0 fully saturated rings. The van der Waals surface area contributed by atoms with E-state index in [2.05, 4.69) is 36.5 Å². The van der Waals surface area contributed by atoms with Crippen molar-refractivity contribution in [3.8, 4) is 11.1 Å². The van der Waals surface area contributed by atoms with Gasteiger partial charge in [-0.2, -0.15) is 0 Å². The number of aliphatic hydroxyl groups is 1. The maximum atomic E-state index is 10.1. The first-order valence-electron chi connectivity index (χ1n) is 7.35. The quantitative estimate of drug-likeness (QED) is 0.750. The van der Waals surface area contributed by atoms with E-state index in [0.29, 0.717) is 6.54 Å². The fraction of sp³-hybridized carbons (Fsp3) is 0.333. The van der Waals surface area contributed by atoms with Gasteiger partial charge in [-0.1, -0.05) is 67.9 Å². The van der Waals surface area contributed by atoms with Gasteiger partial charge in [-0.15, -0.1) is 0 Å². The van der Waals surface area contributed by atoms with Crippen LogP contribution < -0.4 is 5.32 Å². The molecule has 0 saturated carbocycles. The Bertz CT molecular complexity index is 493. The number of nitrogens with one attached hydrogen (secondary N) is 1. The lowest BCUT2D eigenvalue weighted by Crippen LogP contribution is -2.22. The van der Waals surface area contributed by atoms with Gasteiger partial charge in [0.2, 0.25) is 0 Å². The van der Waals surface area contributed by atoms with Gasteiger partial charge in [-0.3, -0.25) is 0 Å². The van der Waals surface area contributed by atoms with Gasteiger partial charge in [0.05, 0.1) is 6.10 Å². The fourth-order valence-corrected chi connectivity index (χ4v) is 2.19. The van der Waals surface area contributed by atoms with Gasteiger partial charge in [0.1, 0.15) is 0 Å². The van der Waals surface area contributed by atoms with Crippen LogP contribution in [-0.2, 0) is 0 Å². The molecule has 2 aromatic rings. The van der Waals surface area contributed by atoms with Crippen LogP contribution in [0.4, 0.5) is 0 Å². The van der Waals surface area contributed by atoms with Gasteiger partial charge < -0.3 is 10.4 Å². The van der Waals surface area contributed by atoms with E-state index in [-0.39, 0.29) is 0 Å². The third-order valence-corrected chi connectivity index (χ3v) is 3.45. The summed E-state index contributed by atoms with van der Waals surface area (Å²) < 4.78 is 0. The number of benzene rings is 2. The van der Waals surface area contributed by atoms with Crippen LogP contribution in [0.5, 0.6) is 0 Å². The molecule has 2 heteroatoms. The SMILES string of the molecule is CCCCNCC(O)c1ccc(-c2ccccc2)cc1. The van der Waals surface area contributed by atoms with E-state index in [0.717, 1.165) is 18.5 Å². The van der Waals surface area contributed by atoms with E-state index in [1.807, 2.05) is 30.3 Å². The molecule has 106 valence electrons. The maximum absolute atomic E-state index is 10.1. The molecule has 0 heterocycles. The number of unbranched alkanes of at least 4 members (excludes halogenated alkanes) is 1. The second-order valence-electron chi connectivity index (χ2n) is 5.06. The Morgan fingerprint density at radius 3 is 2.25 bits per heavy atom. The van der Waals surface area contributed by atoms with Crippen molar-refractivity contribution in [1.82, 2.24) is 5.32 Å². The Labute approximate surface area is 121 Å². The highest BCUT2D eigenvalue weighted by Gasteiger charge is 2.06. The van der Waals surface area contributed by atoms with Gasteiger partial charge in [-0.05, 0) is 29.7 Å². The Balaban J connectivity index is 1.94. The molecule has 0 saturated heterocycles. The van der Waals surface area contributed by atoms with Gasteiger partial charge in [0, 0.05) is 6.54 Å². The van der Waals surface area contributed by atoms with Crippen LogP contribution in [0.15, 0.2) is 54.6 Å². The van der Waals surface area contributed by atoms with Gasteiger partial charge in [0.15, 0.2) is 0 Å². The molecule has 0 aliphatic carbocycles. The summed E-state index contributed by atoms with van der Waals surface area (Å²) in [6.45, 7) is 3.75. The van der Waals surface area contributed by atoms with Crippen molar-refractivity contribution < 1.29 is 5.11 Å². The Morgan fingerprint density at radius 2 is 1.60 bits per heavy atom. The van der Waals surface area contributed by atoms with Crippen LogP contribution in [0.2, 0.25) is 0 Å². The van der Waals surface area contributed by atoms with Crippen molar-refractivity contribution in [3.63, 3.8) is 0 Å². The highest BCUT2D eigenvalue weighted by atomic mass is 16.3. The van der Waals surface area contributed by atoms with E-state index >= 15 is 0 Å². The molecular formula is C18H23NO. The summed E-state index contributed by atoms with van der Waals surface area (Å²) >= 11 is 0. The Kier molecular flexibility index (Phi) is 5.78. The maximum Gasteiger partial charge on any atom is 0.0914 e. The number of hydrogen-bond donors (Lipinski definition) is 2. The zero-order chi connectivity index (χ0) is 14.2. The standard InChI is InChI=1S/C18H23NO/c1-2-3-13-19-14-18(20)17-11-9-16(10-12-17)15-7-5-4-6-8-15/h4-12,18-20H,2-3,13-14H2,1H3. The first-order chi connectivity index (χ1) is 9.81. The molecule has 2 nitrogen and oxygen atoms in total. The fourth-order valence-electron chi connectivity index (χ4n) is 2.19. The smallest absolute Gasteiger partial charge is 0.0914 e. The van der Waals surface area contributed by atoms with E-state index in [4.69, 9.17) is 0 Å². The topological polar surface area (TPSA) is 32.3 Å². The highest BCUT2D eigenvalue weighted by Crippen LogP contribution is 2.21. The highest BCUT2D eigenvalue weighted by molar-refractivity contribution is 5.63. The molecule has 2 aromatic carbocycles. The molecule has 0 radical (unpaired) electrons. The van der Waals surface area contributed by atoms with Crippen LogP contribution in [0, 0.1) is 0 Å². The predicted molar refractivity (Wildman–Crippen MR) is 84.6 cm³/mol. The van der Waals surface area contributed by atoms with Crippen LogP contribution in [0.1, 0.15) is 31.4 Å². The summed E-state index contributed by atoms with van der Waals surface area (Å²) in [5.41, 5.74) is 3.35. The average Bonchev–Trinajstić information content (AvgIpc) is 2.52. The molecule has 0 aliphatic heterocycles. The lowest BCUT2D eigenvalue weighted by molar-refractivity contribution is 0.175. The van der Waals surface area contributed by atoms with E-state index in [1.165, 1.54) is 17.5 Å². The summed E-state index contributed by atoms with van der Waals surface area (Å²) in [4.78, 5) is 0. The minimum Gasteiger partial charge on any atom is -0.387 e. The number of hydrogen-bond acceptors (Lipinski definition) is 2.